The lowest BCUT2D eigenvalue weighted by atomic mass is 9.84. The van der Waals surface area contributed by atoms with Crippen molar-refractivity contribution in [3.63, 3.8) is 0 Å². The fourth-order valence-corrected chi connectivity index (χ4v) is 3.58. The zero-order chi connectivity index (χ0) is 20.3. The van der Waals surface area contributed by atoms with Crippen molar-refractivity contribution in [2.75, 3.05) is 20.3 Å². The zero-order valence-corrected chi connectivity index (χ0v) is 15.8. The van der Waals surface area contributed by atoms with E-state index in [1.807, 2.05) is 6.07 Å². The second-order valence-corrected chi connectivity index (χ2v) is 6.94. The molecule has 0 radical (unpaired) electrons. The van der Waals surface area contributed by atoms with Gasteiger partial charge >= 0.3 is 5.97 Å². The number of phenols is 3. The maximum absolute atomic E-state index is 11.3. The predicted molar refractivity (Wildman–Crippen MR) is 100 cm³/mol. The lowest BCUT2D eigenvalue weighted by Gasteiger charge is -2.23. The van der Waals surface area contributed by atoms with Crippen LogP contribution in [0.15, 0.2) is 36.4 Å². The van der Waals surface area contributed by atoms with Crippen LogP contribution >= 0.6 is 0 Å². The van der Waals surface area contributed by atoms with Gasteiger partial charge in [-0.3, -0.25) is 4.79 Å². The van der Waals surface area contributed by atoms with Crippen LogP contribution in [0.4, 0.5) is 0 Å². The molecule has 1 saturated heterocycles. The Morgan fingerprint density at radius 3 is 2.54 bits per heavy atom. The van der Waals surface area contributed by atoms with Gasteiger partial charge in [-0.2, -0.15) is 0 Å². The molecule has 0 saturated carbocycles. The highest BCUT2D eigenvalue weighted by atomic mass is 16.5. The maximum atomic E-state index is 11.3. The summed E-state index contributed by atoms with van der Waals surface area (Å²) < 4.78 is 16.4. The highest BCUT2D eigenvalue weighted by Gasteiger charge is 2.39. The minimum atomic E-state index is -0.380. The summed E-state index contributed by atoms with van der Waals surface area (Å²) in [7, 11) is 1.49. The van der Waals surface area contributed by atoms with Gasteiger partial charge in [0.15, 0.2) is 23.0 Å². The van der Waals surface area contributed by atoms with Crippen LogP contribution in [-0.2, 0) is 20.7 Å². The molecule has 0 aliphatic carbocycles. The first-order valence-corrected chi connectivity index (χ1v) is 9.01. The Balaban J connectivity index is 1.83. The zero-order valence-electron chi connectivity index (χ0n) is 15.8. The van der Waals surface area contributed by atoms with Gasteiger partial charge in [-0.15, -0.1) is 0 Å². The number of phenolic OH excluding ortho intramolecular Hbond substituents is 3. The van der Waals surface area contributed by atoms with Crippen LogP contribution in [-0.4, -0.2) is 41.6 Å². The number of aromatic hydroxyl groups is 3. The Kier molecular flexibility index (Phi) is 5.94. The molecular weight excluding hydrogens is 364 g/mol. The van der Waals surface area contributed by atoms with Gasteiger partial charge in [0.2, 0.25) is 0 Å². The van der Waals surface area contributed by atoms with Crippen LogP contribution in [0.5, 0.6) is 23.0 Å². The highest BCUT2D eigenvalue weighted by molar-refractivity contribution is 5.65. The fraction of sp³-hybridized carbons (Fsp3) is 0.381. The molecule has 0 unspecified atom stereocenters. The molecule has 2 aromatic rings. The van der Waals surface area contributed by atoms with Gasteiger partial charge in [0.1, 0.15) is 0 Å². The normalized spacial score (nSPS) is 21.4. The van der Waals surface area contributed by atoms with E-state index in [0.29, 0.717) is 24.3 Å². The second-order valence-electron chi connectivity index (χ2n) is 6.94. The topological polar surface area (TPSA) is 105 Å². The SMILES string of the molecule is COc1cc(C[C@H]2CO[C@H](c3ccc(O)c(O)c3)[C@H]2COC(C)=O)ccc1O. The first-order chi connectivity index (χ1) is 13.4. The monoisotopic (exact) mass is 388 g/mol. The number of hydrogen-bond donors (Lipinski definition) is 3. The fourth-order valence-electron chi connectivity index (χ4n) is 3.58. The molecule has 3 rings (SSSR count). The molecule has 0 spiro atoms. The van der Waals surface area contributed by atoms with E-state index in [0.717, 1.165) is 5.56 Å². The number of hydrogen-bond acceptors (Lipinski definition) is 7. The molecule has 0 amide bonds. The summed E-state index contributed by atoms with van der Waals surface area (Å²) in [6.45, 7) is 1.99. The number of carbonyl (C=O) groups is 1. The van der Waals surface area contributed by atoms with Crippen LogP contribution < -0.4 is 4.74 Å². The molecule has 28 heavy (non-hydrogen) atoms. The van der Waals surface area contributed by atoms with Crippen molar-refractivity contribution in [2.45, 2.75) is 19.4 Å². The Hall–Kier alpha value is -2.93. The lowest BCUT2D eigenvalue weighted by Crippen LogP contribution is -2.23. The number of carbonyl (C=O) groups excluding carboxylic acids is 1. The summed E-state index contributed by atoms with van der Waals surface area (Å²) in [5.74, 6) is -0.410. The lowest BCUT2D eigenvalue weighted by molar-refractivity contribution is -0.143. The number of rotatable bonds is 6. The molecular formula is C21H24O7. The Labute approximate surface area is 163 Å². The summed E-state index contributed by atoms with van der Waals surface area (Å²) in [4.78, 5) is 11.3. The van der Waals surface area contributed by atoms with Crippen LogP contribution in [0.2, 0.25) is 0 Å². The van der Waals surface area contributed by atoms with E-state index in [1.165, 1.54) is 26.2 Å². The van der Waals surface area contributed by atoms with E-state index < -0.39 is 0 Å². The van der Waals surface area contributed by atoms with Gasteiger partial charge in [0, 0.05) is 12.8 Å². The average Bonchev–Trinajstić information content (AvgIpc) is 3.06. The quantitative estimate of drug-likeness (QED) is 0.516. The molecule has 3 N–H and O–H groups in total. The third kappa shape index (κ3) is 4.31. The third-order valence-corrected chi connectivity index (χ3v) is 5.03. The van der Waals surface area contributed by atoms with E-state index in [2.05, 4.69) is 0 Å². The Bertz CT molecular complexity index is 849. The molecule has 1 fully saturated rings. The number of esters is 1. The van der Waals surface area contributed by atoms with E-state index in [9.17, 15) is 20.1 Å². The summed E-state index contributed by atoms with van der Waals surface area (Å²) in [6.07, 6.45) is 0.262. The van der Waals surface area contributed by atoms with Gasteiger partial charge in [0.05, 0.1) is 26.4 Å². The van der Waals surface area contributed by atoms with Crippen LogP contribution in [0.1, 0.15) is 24.2 Å². The molecule has 150 valence electrons. The first-order valence-electron chi connectivity index (χ1n) is 9.01. The minimum Gasteiger partial charge on any atom is -0.504 e. The second kappa shape index (κ2) is 8.39. The van der Waals surface area contributed by atoms with E-state index in [1.54, 1.807) is 18.2 Å². The van der Waals surface area contributed by atoms with Gasteiger partial charge in [0.25, 0.3) is 0 Å². The molecule has 1 aliphatic rings. The average molecular weight is 388 g/mol. The van der Waals surface area contributed by atoms with E-state index >= 15 is 0 Å². The van der Waals surface area contributed by atoms with Gasteiger partial charge in [-0.05, 0) is 47.7 Å². The molecule has 7 nitrogen and oxygen atoms in total. The molecule has 0 bridgehead atoms. The molecule has 2 aromatic carbocycles. The predicted octanol–water partition coefficient (Wildman–Crippen LogP) is 2.92. The first kappa shape index (κ1) is 19.8. The Morgan fingerprint density at radius 2 is 1.86 bits per heavy atom. The van der Waals surface area contributed by atoms with Crippen molar-refractivity contribution in [3.05, 3.63) is 47.5 Å². The minimum absolute atomic E-state index is 0.0505. The van der Waals surface area contributed by atoms with Crippen molar-refractivity contribution < 1.29 is 34.3 Å². The van der Waals surface area contributed by atoms with Crippen molar-refractivity contribution in [2.24, 2.45) is 11.8 Å². The number of ether oxygens (including phenoxy) is 3. The van der Waals surface area contributed by atoms with Gasteiger partial charge in [-0.25, -0.2) is 0 Å². The van der Waals surface area contributed by atoms with Crippen LogP contribution in [0.25, 0.3) is 0 Å². The van der Waals surface area contributed by atoms with E-state index in [-0.39, 0.29) is 47.8 Å². The summed E-state index contributed by atoms with van der Waals surface area (Å²) in [6, 6.07) is 9.74. The third-order valence-electron chi connectivity index (χ3n) is 5.03. The molecule has 7 heteroatoms. The molecule has 1 aliphatic heterocycles. The maximum Gasteiger partial charge on any atom is 0.302 e. The highest BCUT2D eigenvalue weighted by Crippen LogP contribution is 2.42. The molecule has 1 heterocycles. The van der Waals surface area contributed by atoms with E-state index in [4.69, 9.17) is 14.2 Å². The summed E-state index contributed by atoms with van der Waals surface area (Å²) in [5, 5.41) is 29.2. The van der Waals surface area contributed by atoms with Gasteiger partial charge < -0.3 is 29.5 Å². The van der Waals surface area contributed by atoms with Crippen molar-refractivity contribution >= 4 is 5.97 Å². The van der Waals surface area contributed by atoms with Crippen molar-refractivity contribution in [3.8, 4) is 23.0 Å². The van der Waals surface area contributed by atoms with Crippen molar-refractivity contribution in [1.82, 2.24) is 0 Å². The Morgan fingerprint density at radius 1 is 1.11 bits per heavy atom. The van der Waals surface area contributed by atoms with Gasteiger partial charge in [-0.1, -0.05) is 12.1 Å². The molecule has 0 aromatic heterocycles. The largest absolute Gasteiger partial charge is 0.504 e. The number of methoxy groups -OCH3 is 1. The summed E-state index contributed by atoms with van der Waals surface area (Å²) >= 11 is 0. The smallest absolute Gasteiger partial charge is 0.302 e. The van der Waals surface area contributed by atoms with Crippen molar-refractivity contribution in [1.29, 1.82) is 0 Å². The van der Waals surface area contributed by atoms with Crippen LogP contribution in [0.3, 0.4) is 0 Å². The standard InChI is InChI=1S/C21H24O7/c1-12(22)27-11-16-15(7-13-3-5-18(24)20(8-13)26-2)10-28-21(16)14-4-6-17(23)19(25)9-14/h3-6,8-9,15-16,21,23-25H,7,10-11H2,1-2H3/t15-,16-,21+/m0/s1. The summed E-state index contributed by atoms with van der Waals surface area (Å²) in [5.41, 5.74) is 1.67. The number of benzene rings is 2. The molecule has 3 atom stereocenters. The van der Waals surface area contributed by atoms with Crippen LogP contribution in [0, 0.1) is 11.8 Å².